The highest BCUT2D eigenvalue weighted by atomic mass is 32.2. The van der Waals surface area contributed by atoms with Crippen LogP contribution in [0.25, 0.3) is 0 Å². The molecule has 94 valence electrons. The van der Waals surface area contributed by atoms with E-state index in [2.05, 4.69) is 30.4 Å². The largest absolute Gasteiger partial charge is 0.147 e. The fourth-order valence-corrected chi connectivity index (χ4v) is 6.57. The Morgan fingerprint density at radius 2 is 1.38 bits per heavy atom. The summed E-state index contributed by atoms with van der Waals surface area (Å²) in [5.74, 6) is 4.82. The zero-order chi connectivity index (χ0) is 11.2. The molecule has 1 saturated carbocycles. The molecule has 1 saturated heterocycles. The van der Waals surface area contributed by atoms with Gasteiger partial charge in [0, 0.05) is 0 Å². The SMILES string of the molecule is CC1CCCCCCCC1C1SCCCS1. The molecule has 0 spiro atoms. The summed E-state index contributed by atoms with van der Waals surface area (Å²) in [5, 5.41) is 0. The van der Waals surface area contributed by atoms with Gasteiger partial charge in [-0.3, -0.25) is 0 Å². The number of thioether (sulfide) groups is 2. The Kier molecular flexibility index (Phi) is 5.92. The molecule has 1 heterocycles. The Labute approximate surface area is 110 Å². The summed E-state index contributed by atoms with van der Waals surface area (Å²) in [6.45, 7) is 2.52. The lowest BCUT2D eigenvalue weighted by molar-refractivity contribution is 0.334. The van der Waals surface area contributed by atoms with Gasteiger partial charge in [0.15, 0.2) is 0 Å². The van der Waals surface area contributed by atoms with E-state index in [0.29, 0.717) is 0 Å². The zero-order valence-corrected chi connectivity index (χ0v) is 12.3. The summed E-state index contributed by atoms with van der Waals surface area (Å²) in [6.07, 6.45) is 11.9. The van der Waals surface area contributed by atoms with Gasteiger partial charge in [-0.25, -0.2) is 0 Å². The first-order valence-electron chi connectivity index (χ1n) is 7.11. The van der Waals surface area contributed by atoms with Gasteiger partial charge in [-0.15, -0.1) is 23.5 Å². The van der Waals surface area contributed by atoms with Crippen molar-refractivity contribution in [2.75, 3.05) is 11.5 Å². The molecular weight excluding hydrogens is 232 g/mol. The number of hydrogen-bond acceptors (Lipinski definition) is 2. The molecule has 2 rings (SSSR count). The maximum absolute atomic E-state index is 2.52. The van der Waals surface area contributed by atoms with Crippen molar-refractivity contribution < 1.29 is 0 Å². The molecule has 16 heavy (non-hydrogen) atoms. The standard InChI is InChI=1S/C14H26S2/c1-12-8-5-3-2-4-6-9-13(12)14-15-10-7-11-16-14/h12-14H,2-11H2,1H3. The van der Waals surface area contributed by atoms with E-state index in [1.165, 1.54) is 62.9 Å². The van der Waals surface area contributed by atoms with Gasteiger partial charge in [-0.2, -0.15) is 0 Å². The van der Waals surface area contributed by atoms with Gasteiger partial charge in [-0.1, -0.05) is 45.4 Å². The molecule has 1 aliphatic heterocycles. The molecule has 1 aliphatic carbocycles. The summed E-state index contributed by atoms with van der Waals surface area (Å²) >= 11 is 4.52. The van der Waals surface area contributed by atoms with Crippen molar-refractivity contribution in [2.24, 2.45) is 11.8 Å². The number of rotatable bonds is 1. The lowest BCUT2D eigenvalue weighted by atomic mass is 9.88. The van der Waals surface area contributed by atoms with Crippen molar-refractivity contribution in [3.8, 4) is 0 Å². The smallest absolute Gasteiger partial charge is 0.0533 e. The van der Waals surface area contributed by atoms with Crippen LogP contribution in [0.3, 0.4) is 0 Å². The topological polar surface area (TPSA) is 0 Å². The highest BCUT2D eigenvalue weighted by Crippen LogP contribution is 2.42. The summed E-state index contributed by atoms with van der Waals surface area (Å²) in [4.78, 5) is 0. The van der Waals surface area contributed by atoms with Gasteiger partial charge in [0.2, 0.25) is 0 Å². The summed E-state index contributed by atoms with van der Waals surface area (Å²) in [5.41, 5.74) is 0. The molecule has 2 aliphatic rings. The normalized spacial score (nSPS) is 35.1. The van der Waals surface area contributed by atoms with Crippen molar-refractivity contribution >= 4 is 23.5 Å². The highest BCUT2D eigenvalue weighted by molar-refractivity contribution is 8.17. The summed E-state index contributed by atoms with van der Waals surface area (Å²) < 4.78 is 0.932. The van der Waals surface area contributed by atoms with E-state index in [9.17, 15) is 0 Å². The molecule has 0 N–H and O–H groups in total. The molecule has 0 amide bonds. The second-order valence-corrected chi connectivity index (χ2v) is 8.25. The average molecular weight is 258 g/mol. The van der Waals surface area contributed by atoms with Crippen molar-refractivity contribution in [3.63, 3.8) is 0 Å². The predicted molar refractivity (Wildman–Crippen MR) is 78.3 cm³/mol. The molecule has 0 radical (unpaired) electrons. The first-order valence-corrected chi connectivity index (χ1v) is 9.21. The van der Waals surface area contributed by atoms with Crippen LogP contribution in [0.15, 0.2) is 0 Å². The maximum atomic E-state index is 2.52. The van der Waals surface area contributed by atoms with Gasteiger partial charge in [0.05, 0.1) is 4.58 Å². The Bertz CT molecular complexity index is 187. The van der Waals surface area contributed by atoms with Crippen LogP contribution in [0.1, 0.15) is 58.3 Å². The van der Waals surface area contributed by atoms with E-state index in [-0.39, 0.29) is 0 Å². The highest BCUT2D eigenvalue weighted by Gasteiger charge is 2.29. The minimum Gasteiger partial charge on any atom is -0.147 e. The first-order chi connectivity index (χ1) is 7.88. The molecule has 2 unspecified atom stereocenters. The van der Waals surface area contributed by atoms with Crippen LogP contribution in [-0.2, 0) is 0 Å². The van der Waals surface area contributed by atoms with E-state index in [4.69, 9.17) is 0 Å². The molecule has 0 aromatic carbocycles. The third-order valence-electron chi connectivity index (χ3n) is 4.13. The van der Waals surface area contributed by atoms with Crippen LogP contribution in [0.4, 0.5) is 0 Å². The molecule has 0 nitrogen and oxygen atoms in total. The Morgan fingerprint density at radius 3 is 2.12 bits per heavy atom. The number of hydrogen-bond donors (Lipinski definition) is 0. The molecule has 0 aromatic heterocycles. The van der Waals surface area contributed by atoms with Crippen molar-refractivity contribution in [2.45, 2.75) is 62.9 Å². The van der Waals surface area contributed by atoms with Crippen LogP contribution in [0.5, 0.6) is 0 Å². The molecule has 2 fully saturated rings. The first kappa shape index (κ1) is 13.1. The second kappa shape index (κ2) is 7.20. The van der Waals surface area contributed by atoms with E-state index in [0.717, 1.165) is 16.4 Å². The average Bonchev–Trinajstić information content (AvgIpc) is 2.43. The minimum absolute atomic E-state index is 0.932. The van der Waals surface area contributed by atoms with Gasteiger partial charge in [-0.05, 0) is 36.2 Å². The zero-order valence-electron chi connectivity index (χ0n) is 10.6. The monoisotopic (exact) mass is 258 g/mol. The lowest BCUT2D eigenvalue weighted by Gasteiger charge is -2.33. The van der Waals surface area contributed by atoms with Crippen LogP contribution in [0.2, 0.25) is 0 Å². The van der Waals surface area contributed by atoms with E-state index < -0.39 is 0 Å². The minimum atomic E-state index is 0.932. The Morgan fingerprint density at radius 1 is 0.750 bits per heavy atom. The molecule has 2 heteroatoms. The third-order valence-corrected chi connectivity index (χ3v) is 7.35. The van der Waals surface area contributed by atoms with Gasteiger partial charge < -0.3 is 0 Å². The van der Waals surface area contributed by atoms with Crippen LogP contribution >= 0.6 is 23.5 Å². The molecular formula is C14H26S2. The van der Waals surface area contributed by atoms with Crippen LogP contribution in [-0.4, -0.2) is 16.1 Å². The second-order valence-electron chi connectivity index (χ2n) is 5.45. The van der Waals surface area contributed by atoms with Gasteiger partial charge in [0.25, 0.3) is 0 Å². The predicted octanol–water partition coefficient (Wildman–Crippen LogP) is 5.18. The maximum Gasteiger partial charge on any atom is 0.0533 e. The van der Waals surface area contributed by atoms with Crippen molar-refractivity contribution in [1.82, 2.24) is 0 Å². The fourth-order valence-electron chi connectivity index (χ4n) is 3.03. The van der Waals surface area contributed by atoms with Gasteiger partial charge >= 0.3 is 0 Å². The summed E-state index contributed by atoms with van der Waals surface area (Å²) in [6, 6.07) is 0. The fraction of sp³-hybridized carbons (Fsp3) is 1.00. The van der Waals surface area contributed by atoms with E-state index >= 15 is 0 Å². The lowest BCUT2D eigenvalue weighted by Crippen LogP contribution is -2.24. The van der Waals surface area contributed by atoms with E-state index in [1.807, 2.05) is 0 Å². The van der Waals surface area contributed by atoms with Crippen molar-refractivity contribution in [1.29, 1.82) is 0 Å². The summed E-state index contributed by atoms with van der Waals surface area (Å²) in [7, 11) is 0. The quantitative estimate of drug-likeness (QED) is 0.635. The van der Waals surface area contributed by atoms with Crippen molar-refractivity contribution in [3.05, 3.63) is 0 Å². The van der Waals surface area contributed by atoms with Crippen LogP contribution < -0.4 is 0 Å². The molecule has 0 bridgehead atoms. The van der Waals surface area contributed by atoms with E-state index in [1.54, 1.807) is 0 Å². The third kappa shape index (κ3) is 3.87. The van der Waals surface area contributed by atoms with Gasteiger partial charge in [0.1, 0.15) is 0 Å². The Balaban J connectivity index is 1.90. The molecule has 0 aromatic rings. The molecule has 2 atom stereocenters. The van der Waals surface area contributed by atoms with Crippen LogP contribution in [0, 0.1) is 11.8 Å². The Hall–Kier alpha value is 0.700.